The molecule has 1 amide bonds. The molecule has 4 nitrogen and oxygen atoms in total. The Morgan fingerprint density at radius 2 is 2.20 bits per heavy atom. The quantitative estimate of drug-likeness (QED) is 0.850. The highest BCUT2D eigenvalue weighted by Crippen LogP contribution is 2.36. The number of rotatable bonds is 1. The van der Waals surface area contributed by atoms with Crippen LogP contribution in [0.2, 0.25) is 0 Å². The predicted octanol–water partition coefficient (Wildman–Crippen LogP) is 2.54. The number of hydrogen-bond donors (Lipinski definition) is 2. The Labute approximate surface area is 115 Å². The maximum atomic E-state index is 12.3. The SMILES string of the molecule is Nc1nc2cc3c(cc2s1)CCC3NC(=O)C(F)(F)F. The summed E-state index contributed by atoms with van der Waals surface area (Å²) in [6.45, 7) is 0. The van der Waals surface area contributed by atoms with E-state index in [2.05, 4.69) is 4.98 Å². The molecule has 1 aliphatic carbocycles. The highest BCUT2D eigenvalue weighted by atomic mass is 32.1. The third kappa shape index (κ3) is 2.20. The van der Waals surface area contributed by atoms with E-state index >= 15 is 0 Å². The van der Waals surface area contributed by atoms with Crippen molar-refractivity contribution in [2.75, 3.05) is 5.73 Å². The average Bonchev–Trinajstić information content (AvgIpc) is 2.87. The number of benzene rings is 1. The van der Waals surface area contributed by atoms with Gasteiger partial charge in [0.2, 0.25) is 0 Å². The fraction of sp³-hybridized carbons (Fsp3) is 0.333. The summed E-state index contributed by atoms with van der Waals surface area (Å²) >= 11 is 1.34. The van der Waals surface area contributed by atoms with Gasteiger partial charge in [0.1, 0.15) is 0 Å². The molecule has 3 rings (SSSR count). The average molecular weight is 301 g/mol. The molecule has 1 atom stereocenters. The van der Waals surface area contributed by atoms with E-state index in [4.69, 9.17) is 5.73 Å². The van der Waals surface area contributed by atoms with Gasteiger partial charge in [0.05, 0.1) is 16.3 Å². The molecule has 0 saturated heterocycles. The number of amides is 1. The van der Waals surface area contributed by atoms with Gasteiger partial charge in [-0.05, 0) is 36.1 Å². The van der Waals surface area contributed by atoms with Crippen LogP contribution in [0.15, 0.2) is 12.1 Å². The van der Waals surface area contributed by atoms with Gasteiger partial charge in [-0.1, -0.05) is 11.3 Å². The summed E-state index contributed by atoms with van der Waals surface area (Å²) in [7, 11) is 0. The van der Waals surface area contributed by atoms with Gasteiger partial charge in [-0.25, -0.2) is 4.98 Å². The predicted molar refractivity (Wildman–Crippen MR) is 69.3 cm³/mol. The Morgan fingerprint density at radius 1 is 1.45 bits per heavy atom. The lowest BCUT2D eigenvalue weighted by atomic mass is 10.1. The molecular formula is C12H10F3N3OS. The normalized spacial score (nSPS) is 18.2. The summed E-state index contributed by atoms with van der Waals surface area (Å²) in [4.78, 5) is 15.1. The number of nitrogen functional groups attached to an aromatic ring is 1. The second-order valence-corrected chi connectivity index (χ2v) is 5.70. The van der Waals surface area contributed by atoms with Crippen molar-refractivity contribution in [2.24, 2.45) is 0 Å². The number of carbonyl (C=O) groups is 1. The number of nitrogens with two attached hydrogens (primary N) is 1. The molecule has 1 aliphatic rings. The molecule has 0 radical (unpaired) electrons. The Morgan fingerprint density at radius 3 is 2.90 bits per heavy atom. The number of alkyl halides is 3. The summed E-state index contributed by atoms with van der Waals surface area (Å²) in [5.74, 6) is -1.91. The minimum atomic E-state index is -4.86. The third-order valence-corrected chi connectivity index (χ3v) is 4.15. The number of fused-ring (bicyclic) bond motifs is 2. The van der Waals surface area contributed by atoms with Crippen LogP contribution in [0.4, 0.5) is 18.3 Å². The van der Waals surface area contributed by atoms with Crippen LogP contribution >= 0.6 is 11.3 Å². The van der Waals surface area contributed by atoms with E-state index in [-0.39, 0.29) is 0 Å². The van der Waals surface area contributed by atoms with Crippen molar-refractivity contribution in [3.63, 3.8) is 0 Å². The van der Waals surface area contributed by atoms with E-state index in [0.29, 0.717) is 29.1 Å². The highest BCUT2D eigenvalue weighted by molar-refractivity contribution is 7.22. The number of aryl methyl sites for hydroxylation is 1. The first-order valence-electron chi connectivity index (χ1n) is 5.91. The van der Waals surface area contributed by atoms with Crippen molar-refractivity contribution in [2.45, 2.75) is 25.1 Å². The number of carbonyl (C=O) groups excluding carboxylic acids is 1. The maximum Gasteiger partial charge on any atom is 0.471 e. The van der Waals surface area contributed by atoms with Gasteiger partial charge >= 0.3 is 12.1 Å². The van der Waals surface area contributed by atoms with Gasteiger partial charge in [-0.15, -0.1) is 0 Å². The third-order valence-electron chi connectivity index (χ3n) is 3.31. The van der Waals surface area contributed by atoms with Crippen molar-refractivity contribution in [3.05, 3.63) is 23.3 Å². The first kappa shape index (κ1) is 13.2. The molecule has 3 N–H and O–H groups in total. The lowest BCUT2D eigenvalue weighted by Gasteiger charge is -2.15. The van der Waals surface area contributed by atoms with Gasteiger partial charge in [0, 0.05) is 0 Å². The summed E-state index contributed by atoms with van der Waals surface area (Å²) in [6.07, 6.45) is -3.77. The Kier molecular flexibility index (Phi) is 2.86. The zero-order chi connectivity index (χ0) is 14.5. The van der Waals surface area contributed by atoms with Crippen LogP contribution in [0.5, 0.6) is 0 Å². The largest absolute Gasteiger partial charge is 0.471 e. The number of halogens is 3. The van der Waals surface area contributed by atoms with Gasteiger partial charge in [0.25, 0.3) is 0 Å². The first-order chi connectivity index (χ1) is 9.34. The fourth-order valence-corrected chi connectivity index (χ4v) is 3.22. The zero-order valence-corrected chi connectivity index (χ0v) is 10.9. The van der Waals surface area contributed by atoms with Gasteiger partial charge < -0.3 is 11.1 Å². The topological polar surface area (TPSA) is 68.0 Å². The van der Waals surface area contributed by atoms with Crippen LogP contribution in [0, 0.1) is 0 Å². The Bertz CT molecular complexity index is 695. The molecule has 0 spiro atoms. The number of hydrogen-bond acceptors (Lipinski definition) is 4. The number of nitrogens with one attached hydrogen (secondary N) is 1. The number of nitrogens with zero attached hydrogens (tertiary/aromatic N) is 1. The second-order valence-electron chi connectivity index (χ2n) is 4.63. The molecule has 0 saturated carbocycles. The molecule has 0 aliphatic heterocycles. The first-order valence-corrected chi connectivity index (χ1v) is 6.73. The van der Waals surface area contributed by atoms with E-state index in [1.807, 2.05) is 11.4 Å². The van der Waals surface area contributed by atoms with Crippen molar-refractivity contribution in [3.8, 4) is 0 Å². The van der Waals surface area contributed by atoms with Crippen molar-refractivity contribution in [1.82, 2.24) is 10.3 Å². The molecule has 1 heterocycles. The van der Waals surface area contributed by atoms with Gasteiger partial charge in [-0.3, -0.25) is 4.79 Å². The van der Waals surface area contributed by atoms with E-state index in [1.54, 1.807) is 6.07 Å². The molecule has 1 unspecified atom stereocenters. The smallest absolute Gasteiger partial charge is 0.375 e. The monoisotopic (exact) mass is 301 g/mol. The minimum absolute atomic E-state index is 0.416. The molecule has 8 heteroatoms. The molecule has 2 aromatic rings. The van der Waals surface area contributed by atoms with Crippen LogP contribution < -0.4 is 11.1 Å². The van der Waals surface area contributed by atoms with Crippen molar-refractivity contribution in [1.29, 1.82) is 0 Å². The maximum absolute atomic E-state index is 12.3. The highest BCUT2D eigenvalue weighted by Gasteiger charge is 2.40. The summed E-state index contributed by atoms with van der Waals surface area (Å²) in [5, 5.41) is 2.44. The molecule has 1 aromatic heterocycles. The molecular weight excluding hydrogens is 291 g/mol. The van der Waals surface area contributed by atoms with Crippen molar-refractivity contribution >= 4 is 32.6 Å². The Hall–Kier alpha value is -1.83. The van der Waals surface area contributed by atoms with Crippen molar-refractivity contribution < 1.29 is 18.0 Å². The molecule has 0 fully saturated rings. The van der Waals surface area contributed by atoms with Gasteiger partial charge in [-0.2, -0.15) is 13.2 Å². The van der Waals surface area contributed by atoms with Crippen LogP contribution in [0.3, 0.4) is 0 Å². The van der Waals surface area contributed by atoms with E-state index in [0.717, 1.165) is 10.3 Å². The van der Waals surface area contributed by atoms with Crippen LogP contribution in [-0.2, 0) is 11.2 Å². The van der Waals surface area contributed by atoms with E-state index in [9.17, 15) is 18.0 Å². The van der Waals surface area contributed by atoms with Crippen LogP contribution in [0.25, 0.3) is 10.2 Å². The molecule has 0 bridgehead atoms. The zero-order valence-electron chi connectivity index (χ0n) is 10.1. The minimum Gasteiger partial charge on any atom is -0.375 e. The Balaban J connectivity index is 1.93. The summed E-state index contributed by atoms with van der Waals surface area (Å²) in [5.41, 5.74) is 7.90. The standard InChI is InChI=1S/C12H10F3N3OS/c13-12(14,15)10(19)17-7-2-1-5-3-9-8(4-6(5)7)18-11(16)20-9/h3-4,7H,1-2H2,(H2,16,18)(H,17,19). The summed E-state index contributed by atoms with van der Waals surface area (Å²) in [6, 6.07) is 2.98. The number of anilines is 1. The number of aromatic nitrogens is 1. The number of thiazole rings is 1. The molecule has 106 valence electrons. The lowest BCUT2D eigenvalue weighted by Crippen LogP contribution is -2.38. The molecule has 1 aromatic carbocycles. The second kappa shape index (κ2) is 4.34. The lowest BCUT2D eigenvalue weighted by molar-refractivity contribution is -0.174. The fourth-order valence-electron chi connectivity index (χ4n) is 2.44. The van der Waals surface area contributed by atoms with E-state index in [1.165, 1.54) is 11.3 Å². The van der Waals surface area contributed by atoms with E-state index < -0.39 is 18.1 Å². The van der Waals surface area contributed by atoms with Gasteiger partial charge in [0.15, 0.2) is 5.13 Å². The summed E-state index contributed by atoms with van der Waals surface area (Å²) < 4.78 is 37.8. The van der Waals surface area contributed by atoms with Crippen LogP contribution in [-0.4, -0.2) is 17.1 Å². The molecule has 20 heavy (non-hydrogen) atoms. The van der Waals surface area contributed by atoms with Crippen LogP contribution in [0.1, 0.15) is 23.6 Å².